The summed E-state index contributed by atoms with van der Waals surface area (Å²) in [5.41, 5.74) is 2.68. The highest BCUT2D eigenvalue weighted by Gasteiger charge is 2.06. The first kappa shape index (κ1) is 8.12. The second-order valence-electron chi connectivity index (χ2n) is 4.29. The lowest BCUT2D eigenvalue weighted by Gasteiger charge is -1.96. The Morgan fingerprint density at radius 1 is 0.812 bits per heavy atom. The molecule has 0 amide bonds. The molecule has 0 N–H and O–H groups in total. The van der Waals surface area contributed by atoms with Gasteiger partial charge in [-0.05, 0) is 38.1 Å². The van der Waals surface area contributed by atoms with Crippen molar-refractivity contribution in [2.24, 2.45) is 0 Å². The normalized spacial score (nSPS) is 13.8. The zero-order valence-corrected chi connectivity index (χ0v) is 8.77. The number of fused-ring (bicyclic) bond motifs is 4. The smallest absolute Gasteiger partial charge is 0.00266 e. The lowest BCUT2D eigenvalue weighted by atomic mass is 10.1. The minimum absolute atomic E-state index is 1.34. The molecule has 4 rings (SSSR count). The van der Waals surface area contributed by atoms with Crippen LogP contribution in [0.3, 0.4) is 0 Å². The molecule has 0 nitrogen and oxygen atoms in total. The van der Waals surface area contributed by atoms with E-state index in [4.69, 9.17) is 0 Å². The van der Waals surface area contributed by atoms with E-state index >= 15 is 0 Å². The Bertz CT molecular complexity index is 837. The van der Waals surface area contributed by atoms with Gasteiger partial charge in [0.05, 0.1) is 0 Å². The molecule has 0 aromatic heterocycles. The van der Waals surface area contributed by atoms with E-state index in [0.717, 1.165) is 0 Å². The summed E-state index contributed by atoms with van der Waals surface area (Å²) in [6, 6.07) is 13.0. The molecule has 0 spiro atoms. The summed E-state index contributed by atoms with van der Waals surface area (Å²) in [7, 11) is 0. The topological polar surface area (TPSA) is 0 Å². The van der Waals surface area contributed by atoms with E-state index in [0.29, 0.717) is 0 Å². The quantitative estimate of drug-likeness (QED) is 0.522. The highest BCUT2D eigenvalue weighted by Crippen LogP contribution is 2.11. The van der Waals surface area contributed by atoms with Crippen LogP contribution in [0.4, 0.5) is 0 Å². The average Bonchev–Trinajstić information content (AvgIpc) is 2.91. The zero-order valence-electron chi connectivity index (χ0n) is 8.77. The van der Waals surface area contributed by atoms with Crippen LogP contribution in [0.2, 0.25) is 0 Å². The number of hydrogen-bond donors (Lipinski definition) is 0. The Kier molecular flexibility index (Phi) is 1.39. The van der Waals surface area contributed by atoms with Crippen molar-refractivity contribution in [3.63, 3.8) is 0 Å². The van der Waals surface area contributed by atoms with E-state index < -0.39 is 0 Å². The van der Waals surface area contributed by atoms with E-state index in [1.54, 1.807) is 0 Å². The van der Waals surface area contributed by atoms with Gasteiger partial charge in [0, 0.05) is 0 Å². The van der Waals surface area contributed by atoms with Crippen LogP contribution in [0, 0.1) is 10.4 Å². The Morgan fingerprint density at radius 3 is 2.69 bits per heavy atom. The molecule has 0 radical (unpaired) electrons. The van der Waals surface area contributed by atoms with Crippen molar-refractivity contribution in [3.8, 4) is 0 Å². The van der Waals surface area contributed by atoms with Crippen LogP contribution in [0.15, 0.2) is 42.5 Å². The minimum Gasteiger partial charge on any atom is -0.0616 e. The summed E-state index contributed by atoms with van der Waals surface area (Å²) in [5, 5.41) is 5.48. The largest absolute Gasteiger partial charge is 0.0616 e. The SMILES string of the molecule is C1=Cc2ccc3c(c2=C1)=c1ccccc1=C3. The van der Waals surface area contributed by atoms with Crippen LogP contribution >= 0.6 is 0 Å². The van der Waals surface area contributed by atoms with Gasteiger partial charge in [-0.25, -0.2) is 0 Å². The maximum atomic E-state index is 2.27. The van der Waals surface area contributed by atoms with Gasteiger partial charge in [0.15, 0.2) is 0 Å². The Labute approximate surface area is 93.2 Å². The maximum absolute atomic E-state index is 2.27. The van der Waals surface area contributed by atoms with Crippen LogP contribution in [-0.2, 0) is 0 Å². The van der Waals surface area contributed by atoms with Gasteiger partial charge in [0.2, 0.25) is 0 Å². The van der Waals surface area contributed by atoms with Crippen LogP contribution < -0.4 is 10.4 Å². The van der Waals surface area contributed by atoms with Crippen LogP contribution in [-0.4, -0.2) is 0 Å². The van der Waals surface area contributed by atoms with Crippen LogP contribution in [0.5, 0.6) is 0 Å². The van der Waals surface area contributed by atoms with Crippen LogP contribution in [0.1, 0.15) is 11.1 Å². The van der Waals surface area contributed by atoms with Crippen molar-refractivity contribution >= 4 is 18.2 Å². The van der Waals surface area contributed by atoms with Crippen LogP contribution in [0.25, 0.3) is 18.2 Å². The average molecular weight is 202 g/mol. The van der Waals surface area contributed by atoms with E-state index in [1.807, 2.05) is 0 Å². The fourth-order valence-corrected chi connectivity index (χ4v) is 2.66. The third-order valence-electron chi connectivity index (χ3n) is 3.39. The van der Waals surface area contributed by atoms with Gasteiger partial charge in [-0.3, -0.25) is 0 Å². The summed E-state index contributed by atoms with van der Waals surface area (Å²) in [5.74, 6) is 0. The summed E-state index contributed by atoms with van der Waals surface area (Å²) < 4.78 is 0. The second-order valence-corrected chi connectivity index (χ2v) is 4.29. The van der Waals surface area contributed by atoms with Crippen molar-refractivity contribution in [3.05, 3.63) is 74.5 Å². The van der Waals surface area contributed by atoms with E-state index in [1.165, 1.54) is 32.0 Å². The van der Waals surface area contributed by atoms with Gasteiger partial charge in [-0.15, -0.1) is 0 Å². The lowest BCUT2D eigenvalue weighted by molar-refractivity contribution is 1.43. The molecule has 16 heavy (non-hydrogen) atoms. The van der Waals surface area contributed by atoms with Crippen molar-refractivity contribution in [2.45, 2.75) is 0 Å². The van der Waals surface area contributed by atoms with Gasteiger partial charge in [0.25, 0.3) is 0 Å². The predicted octanol–water partition coefficient (Wildman–Crippen LogP) is 1.92. The molecule has 0 unspecified atom stereocenters. The fourth-order valence-electron chi connectivity index (χ4n) is 2.66. The molecule has 2 aliphatic carbocycles. The predicted molar refractivity (Wildman–Crippen MR) is 66.9 cm³/mol. The molecule has 74 valence electrons. The zero-order chi connectivity index (χ0) is 10.5. The van der Waals surface area contributed by atoms with Gasteiger partial charge in [0.1, 0.15) is 0 Å². The monoisotopic (exact) mass is 202 g/mol. The number of rotatable bonds is 0. The minimum atomic E-state index is 1.34. The first-order valence-electron chi connectivity index (χ1n) is 5.56. The third-order valence-corrected chi connectivity index (χ3v) is 3.39. The van der Waals surface area contributed by atoms with E-state index in [2.05, 4.69) is 60.7 Å². The summed E-state index contributed by atoms with van der Waals surface area (Å²) >= 11 is 0. The van der Waals surface area contributed by atoms with Gasteiger partial charge in [-0.1, -0.05) is 54.6 Å². The first-order valence-corrected chi connectivity index (χ1v) is 5.56. The van der Waals surface area contributed by atoms with E-state index in [-0.39, 0.29) is 0 Å². The first-order chi connectivity index (χ1) is 7.93. The van der Waals surface area contributed by atoms with Crippen molar-refractivity contribution < 1.29 is 0 Å². The molecule has 0 heteroatoms. The molecule has 0 fully saturated rings. The molecular weight excluding hydrogens is 192 g/mol. The molecule has 2 aliphatic rings. The van der Waals surface area contributed by atoms with Crippen molar-refractivity contribution in [1.29, 1.82) is 0 Å². The molecule has 0 saturated carbocycles. The third kappa shape index (κ3) is 0.892. The maximum Gasteiger partial charge on any atom is -0.00266 e. The lowest BCUT2D eigenvalue weighted by Crippen LogP contribution is -2.07. The second kappa shape index (κ2) is 2.73. The van der Waals surface area contributed by atoms with Crippen molar-refractivity contribution in [2.75, 3.05) is 0 Å². The summed E-state index contributed by atoms with van der Waals surface area (Å²) in [6.07, 6.45) is 8.80. The summed E-state index contributed by atoms with van der Waals surface area (Å²) in [4.78, 5) is 0. The number of benzene rings is 2. The molecule has 0 saturated heterocycles. The number of hydrogen-bond acceptors (Lipinski definition) is 0. The van der Waals surface area contributed by atoms with Gasteiger partial charge < -0.3 is 0 Å². The molecule has 0 aliphatic heterocycles. The fraction of sp³-hybridized carbons (Fsp3) is 0. The van der Waals surface area contributed by atoms with Gasteiger partial charge in [-0.2, -0.15) is 0 Å². The van der Waals surface area contributed by atoms with Gasteiger partial charge >= 0.3 is 0 Å². The molecule has 0 bridgehead atoms. The standard InChI is InChI=1S/C16H10/c1-2-6-15-12(4-1)10-13-9-8-11-5-3-7-14(11)16(13)15/h1-10H. The Hall–Kier alpha value is -2.08. The Morgan fingerprint density at radius 2 is 1.69 bits per heavy atom. The van der Waals surface area contributed by atoms with Crippen molar-refractivity contribution in [1.82, 2.24) is 0 Å². The molecule has 2 aromatic carbocycles. The van der Waals surface area contributed by atoms with E-state index in [9.17, 15) is 0 Å². The molecule has 0 heterocycles. The number of allylic oxidation sites excluding steroid dienone is 1. The molecule has 2 aromatic rings. The highest BCUT2D eigenvalue weighted by molar-refractivity contribution is 5.70. The molecule has 0 atom stereocenters. The summed E-state index contributed by atoms with van der Waals surface area (Å²) in [6.45, 7) is 0. The Balaban J connectivity index is 2.43. The highest BCUT2D eigenvalue weighted by atomic mass is 14.1. The molecular formula is C16H10.